The van der Waals surface area contributed by atoms with Gasteiger partial charge in [0.25, 0.3) is 0 Å². The maximum atomic E-state index is 12.4. The third-order valence-electron chi connectivity index (χ3n) is 3.22. The first-order valence-corrected chi connectivity index (χ1v) is 8.00. The molecule has 0 spiro atoms. The van der Waals surface area contributed by atoms with Crippen LogP contribution in [0.3, 0.4) is 0 Å². The van der Waals surface area contributed by atoms with Crippen molar-refractivity contribution < 1.29 is 13.2 Å². The molecule has 21 heavy (non-hydrogen) atoms. The first-order chi connectivity index (χ1) is 9.45. The molecule has 0 saturated carbocycles. The SMILES string of the molecule is Cl.NCC(=O)N1CCN(S(=O)(=O)c2ccc(Cl)cc2)CC1. The van der Waals surface area contributed by atoms with Crippen molar-refractivity contribution in [3.8, 4) is 0 Å². The van der Waals surface area contributed by atoms with E-state index in [1.54, 1.807) is 17.0 Å². The lowest BCUT2D eigenvalue weighted by molar-refractivity contribution is -0.130. The lowest BCUT2D eigenvalue weighted by Crippen LogP contribution is -2.51. The maximum absolute atomic E-state index is 12.4. The Morgan fingerprint density at radius 1 is 1.14 bits per heavy atom. The van der Waals surface area contributed by atoms with E-state index < -0.39 is 10.0 Å². The van der Waals surface area contributed by atoms with Gasteiger partial charge in [0.1, 0.15) is 0 Å². The van der Waals surface area contributed by atoms with Crippen molar-refractivity contribution in [2.75, 3.05) is 32.7 Å². The Bertz CT molecular complexity index is 584. The second-order valence-corrected chi connectivity index (χ2v) is 6.82. The number of amides is 1. The third-order valence-corrected chi connectivity index (χ3v) is 5.38. The molecule has 1 amide bonds. The van der Waals surface area contributed by atoms with Gasteiger partial charge in [0, 0.05) is 31.2 Å². The summed E-state index contributed by atoms with van der Waals surface area (Å²) in [7, 11) is -3.53. The fourth-order valence-electron chi connectivity index (χ4n) is 2.06. The second-order valence-electron chi connectivity index (χ2n) is 4.44. The average Bonchev–Trinajstić information content (AvgIpc) is 2.47. The van der Waals surface area contributed by atoms with Crippen LogP contribution in [-0.4, -0.2) is 56.3 Å². The lowest BCUT2D eigenvalue weighted by atomic mass is 10.3. The monoisotopic (exact) mass is 353 g/mol. The van der Waals surface area contributed by atoms with Gasteiger partial charge in [-0.25, -0.2) is 8.42 Å². The predicted molar refractivity (Wildman–Crippen MR) is 83.1 cm³/mol. The largest absolute Gasteiger partial charge is 0.339 e. The molecular weight excluding hydrogens is 337 g/mol. The van der Waals surface area contributed by atoms with Gasteiger partial charge >= 0.3 is 0 Å². The standard InChI is InChI=1S/C12H16ClN3O3S.ClH/c13-10-1-3-11(4-2-10)20(18,19)16-7-5-15(6-8-16)12(17)9-14;/h1-4H,5-9,14H2;1H. The Kier molecular flexibility index (Phi) is 6.42. The molecule has 0 radical (unpaired) electrons. The van der Waals surface area contributed by atoms with Crippen LogP contribution < -0.4 is 5.73 Å². The third kappa shape index (κ3) is 4.08. The molecule has 0 atom stereocenters. The number of benzene rings is 1. The zero-order chi connectivity index (χ0) is 14.8. The van der Waals surface area contributed by atoms with Crippen molar-refractivity contribution in [1.82, 2.24) is 9.21 Å². The summed E-state index contributed by atoms with van der Waals surface area (Å²) in [5.74, 6) is -0.159. The van der Waals surface area contributed by atoms with Crippen molar-refractivity contribution in [1.29, 1.82) is 0 Å². The van der Waals surface area contributed by atoms with Crippen molar-refractivity contribution in [2.45, 2.75) is 4.90 Å². The van der Waals surface area contributed by atoms with E-state index in [-0.39, 0.29) is 42.8 Å². The van der Waals surface area contributed by atoms with Crippen LogP contribution >= 0.6 is 24.0 Å². The average molecular weight is 354 g/mol. The molecule has 1 heterocycles. The number of halogens is 2. The number of carbonyl (C=O) groups excluding carboxylic acids is 1. The van der Waals surface area contributed by atoms with Gasteiger partial charge in [0.15, 0.2) is 0 Å². The summed E-state index contributed by atoms with van der Waals surface area (Å²) in [6.45, 7) is 1.23. The molecule has 2 N–H and O–H groups in total. The molecule has 0 bridgehead atoms. The smallest absolute Gasteiger partial charge is 0.243 e. The number of hydrogen-bond acceptors (Lipinski definition) is 4. The van der Waals surface area contributed by atoms with Gasteiger partial charge < -0.3 is 10.6 Å². The quantitative estimate of drug-likeness (QED) is 0.860. The van der Waals surface area contributed by atoms with Crippen LogP contribution in [0.1, 0.15) is 0 Å². The van der Waals surface area contributed by atoms with Crippen LogP contribution in [0.15, 0.2) is 29.2 Å². The normalized spacial score (nSPS) is 16.4. The molecule has 1 aromatic carbocycles. The van der Waals surface area contributed by atoms with Gasteiger partial charge in [-0.3, -0.25) is 4.79 Å². The van der Waals surface area contributed by atoms with E-state index in [4.69, 9.17) is 17.3 Å². The van der Waals surface area contributed by atoms with Crippen molar-refractivity contribution in [2.24, 2.45) is 5.73 Å². The molecular formula is C12H17Cl2N3O3S. The lowest BCUT2D eigenvalue weighted by Gasteiger charge is -2.33. The number of rotatable bonds is 3. The van der Waals surface area contributed by atoms with Gasteiger partial charge in [-0.2, -0.15) is 4.31 Å². The number of hydrogen-bond donors (Lipinski definition) is 1. The highest BCUT2D eigenvalue weighted by Crippen LogP contribution is 2.19. The maximum Gasteiger partial charge on any atom is 0.243 e. The molecule has 1 fully saturated rings. The van der Waals surface area contributed by atoms with E-state index in [2.05, 4.69) is 0 Å². The molecule has 0 aliphatic carbocycles. The van der Waals surface area contributed by atoms with Crippen LogP contribution in [0.2, 0.25) is 5.02 Å². The number of nitrogens with zero attached hydrogens (tertiary/aromatic N) is 2. The Morgan fingerprint density at radius 3 is 2.14 bits per heavy atom. The summed E-state index contributed by atoms with van der Waals surface area (Å²) < 4.78 is 26.2. The second kappa shape index (κ2) is 7.42. The van der Waals surface area contributed by atoms with E-state index in [0.29, 0.717) is 18.1 Å². The van der Waals surface area contributed by atoms with E-state index in [0.717, 1.165) is 0 Å². The summed E-state index contributed by atoms with van der Waals surface area (Å²) in [6.07, 6.45) is 0. The van der Waals surface area contributed by atoms with Crippen LogP contribution in [0.25, 0.3) is 0 Å². The first kappa shape index (κ1) is 18.2. The van der Waals surface area contributed by atoms with Crippen molar-refractivity contribution in [3.63, 3.8) is 0 Å². The van der Waals surface area contributed by atoms with Crippen molar-refractivity contribution in [3.05, 3.63) is 29.3 Å². The van der Waals surface area contributed by atoms with Crippen LogP contribution in [0.5, 0.6) is 0 Å². The Balaban J connectivity index is 0.00000220. The number of sulfonamides is 1. The predicted octanol–water partition coefficient (Wildman–Crippen LogP) is 0.553. The fourth-order valence-corrected chi connectivity index (χ4v) is 3.61. The van der Waals surface area contributed by atoms with Crippen molar-refractivity contribution >= 4 is 39.9 Å². The zero-order valence-corrected chi connectivity index (χ0v) is 13.6. The van der Waals surface area contributed by atoms with Gasteiger partial charge in [-0.15, -0.1) is 12.4 Å². The summed E-state index contributed by atoms with van der Waals surface area (Å²) in [6, 6.07) is 6.05. The molecule has 1 saturated heterocycles. The minimum Gasteiger partial charge on any atom is -0.339 e. The van der Waals surface area contributed by atoms with Crippen LogP contribution in [0, 0.1) is 0 Å². The first-order valence-electron chi connectivity index (χ1n) is 6.18. The number of carbonyl (C=O) groups is 1. The zero-order valence-electron chi connectivity index (χ0n) is 11.2. The number of piperazine rings is 1. The molecule has 0 unspecified atom stereocenters. The fraction of sp³-hybridized carbons (Fsp3) is 0.417. The Morgan fingerprint density at radius 2 is 1.67 bits per heavy atom. The minimum absolute atomic E-state index is 0. The van der Waals surface area contributed by atoms with E-state index in [9.17, 15) is 13.2 Å². The topological polar surface area (TPSA) is 83.7 Å². The molecule has 6 nitrogen and oxygen atoms in total. The molecule has 118 valence electrons. The van der Waals surface area contributed by atoms with Gasteiger partial charge in [-0.1, -0.05) is 11.6 Å². The number of nitrogens with two attached hydrogens (primary N) is 1. The highest BCUT2D eigenvalue weighted by atomic mass is 35.5. The molecule has 1 aliphatic heterocycles. The Labute approximate surface area is 135 Å². The van der Waals surface area contributed by atoms with E-state index in [1.165, 1.54) is 16.4 Å². The van der Waals surface area contributed by atoms with Crippen LogP contribution in [0.4, 0.5) is 0 Å². The Hall–Kier alpha value is -0.860. The van der Waals surface area contributed by atoms with Gasteiger partial charge in [-0.05, 0) is 24.3 Å². The minimum atomic E-state index is -3.53. The summed E-state index contributed by atoms with van der Waals surface area (Å²) in [5, 5.41) is 0.488. The molecule has 9 heteroatoms. The highest BCUT2D eigenvalue weighted by molar-refractivity contribution is 7.89. The van der Waals surface area contributed by atoms with Gasteiger partial charge in [0.05, 0.1) is 11.4 Å². The van der Waals surface area contributed by atoms with Crippen LogP contribution in [-0.2, 0) is 14.8 Å². The molecule has 0 aromatic heterocycles. The van der Waals surface area contributed by atoms with Gasteiger partial charge in [0.2, 0.25) is 15.9 Å². The summed E-state index contributed by atoms with van der Waals surface area (Å²) in [5.41, 5.74) is 5.29. The molecule has 1 aromatic rings. The van der Waals surface area contributed by atoms with E-state index in [1.807, 2.05) is 0 Å². The highest BCUT2D eigenvalue weighted by Gasteiger charge is 2.29. The molecule has 2 rings (SSSR count). The van der Waals surface area contributed by atoms with E-state index >= 15 is 0 Å². The molecule has 1 aliphatic rings. The summed E-state index contributed by atoms with van der Waals surface area (Å²) in [4.78, 5) is 13.2. The summed E-state index contributed by atoms with van der Waals surface area (Å²) >= 11 is 5.75.